The van der Waals surface area contributed by atoms with Gasteiger partial charge < -0.3 is 14.5 Å². The normalized spacial score (nSPS) is 21.4. The lowest BCUT2D eigenvalue weighted by molar-refractivity contribution is -0.146. The van der Waals surface area contributed by atoms with Crippen molar-refractivity contribution in [2.45, 2.75) is 18.5 Å². The summed E-state index contributed by atoms with van der Waals surface area (Å²) in [5, 5.41) is 1.08. The second kappa shape index (κ2) is 5.81. The number of carbonyl (C=O) groups is 2. The third-order valence-corrected chi connectivity index (χ3v) is 4.09. The molecular formula is C16H18N2O4. The Morgan fingerprint density at radius 3 is 2.82 bits per heavy atom. The number of esters is 2. The Morgan fingerprint density at radius 2 is 2.09 bits per heavy atom. The van der Waals surface area contributed by atoms with Crippen LogP contribution in [0.1, 0.15) is 5.56 Å². The van der Waals surface area contributed by atoms with Crippen molar-refractivity contribution in [3.63, 3.8) is 0 Å². The van der Waals surface area contributed by atoms with Gasteiger partial charge in [-0.1, -0.05) is 18.2 Å². The first-order valence-corrected chi connectivity index (χ1v) is 7.12. The molecule has 0 bridgehead atoms. The molecule has 3 unspecified atom stereocenters. The maximum atomic E-state index is 12.1. The zero-order valence-electron chi connectivity index (χ0n) is 12.5. The molecule has 0 spiro atoms. The number of hydrogen-bond donors (Lipinski definition) is 1. The molecule has 1 N–H and O–H groups in total. The van der Waals surface area contributed by atoms with E-state index in [0.29, 0.717) is 13.0 Å². The first kappa shape index (κ1) is 14.6. The number of para-hydroxylation sites is 1. The van der Waals surface area contributed by atoms with Crippen LogP contribution in [0.2, 0.25) is 0 Å². The first-order valence-electron chi connectivity index (χ1n) is 7.12. The highest BCUT2D eigenvalue weighted by Crippen LogP contribution is 2.28. The van der Waals surface area contributed by atoms with E-state index in [2.05, 4.69) is 4.98 Å². The van der Waals surface area contributed by atoms with Crippen LogP contribution in [-0.4, -0.2) is 54.7 Å². The van der Waals surface area contributed by atoms with Crippen molar-refractivity contribution in [3.8, 4) is 0 Å². The van der Waals surface area contributed by atoms with E-state index in [0.717, 1.165) is 16.5 Å². The van der Waals surface area contributed by atoms with Gasteiger partial charge in [-0.15, -0.1) is 0 Å². The third kappa shape index (κ3) is 2.57. The number of fused-ring (bicyclic) bond motifs is 1. The Kier molecular flexibility index (Phi) is 3.85. The number of benzene rings is 1. The minimum atomic E-state index is -0.478. The van der Waals surface area contributed by atoms with Crippen molar-refractivity contribution in [1.82, 2.24) is 9.88 Å². The molecular weight excluding hydrogens is 284 g/mol. The monoisotopic (exact) mass is 302 g/mol. The summed E-state index contributed by atoms with van der Waals surface area (Å²) in [5.41, 5.74) is 2.05. The largest absolute Gasteiger partial charge is 0.468 e. The number of ether oxygens (including phenoxy) is 2. The number of methoxy groups -OCH3 is 2. The van der Waals surface area contributed by atoms with Crippen LogP contribution in [-0.2, 0) is 25.5 Å². The second-order valence-electron chi connectivity index (χ2n) is 5.34. The van der Waals surface area contributed by atoms with Crippen LogP contribution in [0.3, 0.4) is 0 Å². The molecule has 3 atom stereocenters. The Labute approximate surface area is 128 Å². The van der Waals surface area contributed by atoms with Crippen molar-refractivity contribution in [2.75, 3.05) is 20.8 Å². The zero-order valence-corrected chi connectivity index (χ0v) is 12.5. The zero-order chi connectivity index (χ0) is 15.7. The molecule has 1 aromatic heterocycles. The molecule has 1 aromatic carbocycles. The van der Waals surface area contributed by atoms with E-state index in [1.54, 1.807) is 4.90 Å². The number of nitrogens with zero attached hydrogens (tertiary/aromatic N) is 1. The molecule has 22 heavy (non-hydrogen) atoms. The molecule has 0 saturated carbocycles. The van der Waals surface area contributed by atoms with E-state index < -0.39 is 6.04 Å². The van der Waals surface area contributed by atoms with Crippen LogP contribution < -0.4 is 0 Å². The number of carbonyl (C=O) groups excluding carboxylic acids is 2. The fourth-order valence-electron chi connectivity index (χ4n) is 2.82. The molecule has 116 valence electrons. The lowest BCUT2D eigenvalue weighted by Gasteiger charge is -2.16. The molecule has 6 heteroatoms. The van der Waals surface area contributed by atoms with E-state index in [1.807, 2.05) is 30.5 Å². The number of nitrogens with one attached hydrogen (secondary N) is 1. The number of aromatic nitrogens is 1. The molecule has 1 aliphatic rings. The minimum Gasteiger partial charge on any atom is -0.468 e. The summed E-state index contributed by atoms with van der Waals surface area (Å²) in [6, 6.07) is 7.09. The van der Waals surface area contributed by atoms with Gasteiger partial charge in [0.25, 0.3) is 0 Å². The van der Waals surface area contributed by atoms with Crippen LogP contribution in [0.15, 0.2) is 30.5 Å². The van der Waals surface area contributed by atoms with E-state index in [-0.39, 0.29) is 18.0 Å². The van der Waals surface area contributed by atoms with Crippen LogP contribution >= 0.6 is 0 Å². The fourth-order valence-corrected chi connectivity index (χ4v) is 2.82. The molecule has 1 aliphatic heterocycles. The van der Waals surface area contributed by atoms with Gasteiger partial charge in [-0.25, -0.2) is 0 Å². The lowest BCUT2D eigenvalue weighted by atomic mass is 10.0. The molecule has 1 saturated heterocycles. The van der Waals surface area contributed by atoms with Gasteiger partial charge in [0.1, 0.15) is 12.1 Å². The summed E-state index contributed by atoms with van der Waals surface area (Å²) >= 11 is 0. The minimum absolute atomic E-state index is 0.312. The number of H-pyrrole nitrogens is 1. The smallest absolute Gasteiger partial charge is 0.324 e. The quantitative estimate of drug-likeness (QED) is 0.662. The maximum Gasteiger partial charge on any atom is 0.324 e. The summed E-state index contributed by atoms with van der Waals surface area (Å²) in [7, 11) is 2.72. The van der Waals surface area contributed by atoms with Crippen LogP contribution in [0, 0.1) is 0 Å². The molecule has 0 radical (unpaired) electrons. The van der Waals surface area contributed by atoms with E-state index >= 15 is 0 Å². The van der Waals surface area contributed by atoms with Crippen molar-refractivity contribution < 1.29 is 19.1 Å². The molecule has 0 amide bonds. The summed E-state index contributed by atoms with van der Waals surface area (Å²) in [5.74, 6) is -0.649. The molecule has 2 aromatic rings. The SMILES string of the molecule is COC(=O)C(Cc1c[nH]c2ccccc12)N1CC1C(=O)OC. The summed E-state index contributed by atoms with van der Waals surface area (Å²) in [6.07, 6.45) is 2.39. The number of aromatic amines is 1. The third-order valence-electron chi connectivity index (χ3n) is 4.09. The predicted octanol–water partition coefficient (Wildman–Crippen LogP) is 1.11. The van der Waals surface area contributed by atoms with E-state index in [1.165, 1.54) is 14.2 Å². The molecule has 0 aliphatic carbocycles. The average Bonchev–Trinajstić information content (AvgIpc) is 3.25. The van der Waals surface area contributed by atoms with Gasteiger partial charge in [-0.2, -0.15) is 0 Å². The van der Waals surface area contributed by atoms with Crippen molar-refractivity contribution in [1.29, 1.82) is 0 Å². The highest BCUT2D eigenvalue weighted by Gasteiger charge is 2.48. The summed E-state index contributed by atoms with van der Waals surface area (Å²) in [4.78, 5) is 28.7. The summed E-state index contributed by atoms with van der Waals surface area (Å²) in [6.45, 7) is 0.523. The predicted molar refractivity (Wildman–Crippen MR) is 80.3 cm³/mol. The average molecular weight is 302 g/mol. The van der Waals surface area contributed by atoms with E-state index in [9.17, 15) is 9.59 Å². The van der Waals surface area contributed by atoms with Crippen LogP contribution in [0.5, 0.6) is 0 Å². The van der Waals surface area contributed by atoms with E-state index in [4.69, 9.17) is 9.47 Å². The Hall–Kier alpha value is -2.34. The Morgan fingerprint density at radius 1 is 1.32 bits per heavy atom. The van der Waals surface area contributed by atoms with Crippen molar-refractivity contribution in [3.05, 3.63) is 36.0 Å². The Balaban J connectivity index is 1.82. The van der Waals surface area contributed by atoms with Gasteiger partial charge in [0, 0.05) is 30.1 Å². The molecule has 6 nitrogen and oxygen atoms in total. The molecule has 3 rings (SSSR count). The second-order valence-corrected chi connectivity index (χ2v) is 5.34. The van der Waals surface area contributed by atoms with Crippen molar-refractivity contribution >= 4 is 22.8 Å². The van der Waals surface area contributed by atoms with Gasteiger partial charge in [0.05, 0.1) is 14.2 Å². The van der Waals surface area contributed by atoms with Crippen LogP contribution in [0.25, 0.3) is 10.9 Å². The molecule has 1 fully saturated rings. The molecule has 2 heterocycles. The first-order chi connectivity index (χ1) is 10.7. The van der Waals surface area contributed by atoms with Gasteiger partial charge in [-0.05, 0) is 11.6 Å². The highest BCUT2D eigenvalue weighted by molar-refractivity contribution is 5.86. The standard InChI is InChI=1S/C16H18N2O4/c1-21-15(19)13(18-9-14(18)16(20)22-2)7-10-8-17-12-6-4-3-5-11(10)12/h3-6,8,13-14,17H,7,9H2,1-2H3. The Bertz CT molecular complexity index is 709. The van der Waals surface area contributed by atoms with Gasteiger partial charge in [-0.3, -0.25) is 14.5 Å². The number of rotatable bonds is 5. The van der Waals surface area contributed by atoms with Gasteiger partial charge in [0.15, 0.2) is 0 Å². The van der Waals surface area contributed by atoms with Crippen LogP contribution in [0.4, 0.5) is 0 Å². The summed E-state index contributed by atoms with van der Waals surface area (Å²) < 4.78 is 9.63. The highest BCUT2D eigenvalue weighted by atomic mass is 16.5. The van der Waals surface area contributed by atoms with Gasteiger partial charge >= 0.3 is 11.9 Å². The number of hydrogen-bond acceptors (Lipinski definition) is 5. The van der Waals surface area contributed by atoms with Gasteiger partial charge in [0.2, 0.25) is 0 Å². The topological polar surface area (TPSA) is 71.4 Å². The fraction of sp³-hybridized carbons (Fsp3) is 0.375. The van der Waals surface area contributed by atoms with Crippen molar-refractivity contribution in [2.24, 2.45) is 0 Å². The maximum absolute atomic E-state index is 12.1. The lowest BCUT2D eigenvalue weighted by Crippen LogP contribution is -2.35.